The zero-order valence-corrected chi connectivity index (χ0v) is 5.44. The van der Waals surface area contributed by atoms with E-state index in [1.807, 2.05) is 6.92 Å². The van der Waals surface area contributed by atoms with Crippen molar-refractivity contribution in [1.82, 2.24) is 0 Å². The maximum Gasteiger partial charge on any atom is 0.0700 e. The maximum absolute atomic E-state index is 4.60. The van der Waals surface area contributed by atoms with E-state index in [4.69, 9.17) is 0 Å². The third-order valence-corrected chi connectivity index (χ3v) is 0.892. The first kappa shape index (κ1) is 7.70. The van der Waals surface area contributed by atoms with E-state index in [-0.39, 0.29) is 0 Å². The molecule has 0 spiro atoms. The van der Waals surface area contributed by atoms with Crippen LogP contribution in [0.4, 0.5) is 0 Å². The molecule has 47 valence electrons. The Morgan fingerprint density at radius 2 is 2.25 bits per heavy atom. The van der Waals surface area contributed by atoms with Gasteiger partial charge in [-0.15, -0.1) is 6.58 Å². The molecule has 1 nitrogen and oxygen atoms in total. The van der Waals surface area contributed by atoms with E-state index in [2.05, 4.69) is 18.4 Å². The average molecular weight is 113 g/mol. The largest absolute Gasteiger partial charge is 0.379 e. The van der Waals surface area contributed by atoms with E-state index in [1.54, 1.807) is 0 Å². The minimum absolute atomic E-state index is 0.743. The molecule has 1 radical (unpaired) electrons. The molecular formula is C7H13O. The summed E-state index contributed by atoms with van der Waals surface area (Å²) < 4.78 is 4.60. The summed E-state index contributed by atoms with van der Waals surface area (Å²) in [6.07, 6.45) is 2.09. The van der Waals surface area contributed by atoms with Gasteiger partial charge in [-0.05, 0) is 19.8 Å². The van der Waals surface area contributed by atoms with Crippen LogP contribution >= 0.6 is 0 Å². The van der Waals surface area contributed by atoms with Crippen LogP contribution in [0.3, 0.4) is 0 Å². The lowest BCUT2D eigenvalue weighted by Crippen LogP contribution is -1.85. The van der Waals surface area contributed by atoms with E-state index in [0.717, 1.165) is 19.4 Å². The van der Waals surface area contributed by atoms with Gasteiger partial charge in [0, 0.05) is 6.61 Å². The quantitative estimate of drug-likeness (QED) is 0.401. The Bertz CT molecular complexity index is 66.8. The monoisotopic (exact) mass is 113 g/mol. The van der Waals surface area contributed by atoms with Crippen LogP contribution in [0.1, 0.15) is 19.8 Å². The topological polar surface area (TPSA) is 9.23 Å². The van der Waals surface area contributed by atoms with Crippen molar-refractivity contribution >= 4 is 0 Å². The van der Waals surface area contributed by atoms with E-state index in [0.29, 0.717) is 0 Å². The highest BCUT2D eigenvalue weighted by atomic mass is 16.5. The number of rotatable bonds is 4. The van der Waals surface area contributed by atoms with Crippen molar-refractivity contribution in [1.29, 1.82) is 0 Å². The molecule has 1 heteroatoms. The summed E-state index contributed by atoms with van der Waals surface area (Å²) >= 11 is 0. The predicted molar refractivity (Wildman–Crippen MR) is 35.4 cm³/mol. The van der Waals surface area contributed by atoms with Crippen molar-refractivity contribution in [2.45, 2.75) is 19.8 Å². The Labute approximate surface area is 51.4 Å². The summed E-state index contributed by atoms with van der Waals surface area (Å²) in [5, 5.41) is 0. The van der Waals surface area contributed by atoms with Crippen LogP contribution in [0, 0.1) is 7.11 Å². The Kier molecular flexibility index (Phi) is 4.67. The van der Waals surface area contributed by atoms with Gasteiger partial charge in [-0.2, -0.15) is 0 Å². The lowest BCUT2D eigenvalue weighted by Gasteiger charge is -1.95. The summed E-state index contributed by atoms with van der Waals surface area (Å²) in [7, 11) is 3.25. The van der Waals surface area contributed by atoms with Crippen molar-refractivity contribution in [2.24, 2.45) is 0 Å². The molecule has 0 aliphatic rings. The second-order valence-corrected chi connectivity index (χ2v) is 1.97. The van der Waals surface area contributed by atoms with Gasteiger partial charge in [0.15, 0.2) is 0 Å². The van der Waals surface area contributed by atoms with Crippen LogP contribution in [-0.2, 0) is 4.74 Å². The highest BCUT2D eigenvalue weighted by Crippen LogP contribution is 1.98. The molecule has 0 atom stereocenters. The molecule has 0 unspecified atom stereocenters. The van der Waals surface area contributed by atoms with Gasteiger partial charge in [-0.3, -0.25) is 0 Å². The minimum Gasteiger partial charge on any atom is -0.379 e. The van der Waals surface area contributed by atoms with Gasteiger partial charge in [-0.1, -0.05) is 5.57 Å². The maximum atomic E-state index is 4.60. The fourth-order valence-electron chi connectivity index (χ4n) is 0.476. The van der Waals surface area contributed by atoms with E-state index < -0.39 is 0 Å². The molecule has 0 aliphatic heterocycles. The predicted octanol–water partition coefficient (Wildman–Crippen LogP) is 2.15. The molecule has 0 N–H and O–H groups in total. The molecule has 8 heavy (non-hydrogen) atoms. The number of ether oxygens (including phenoxy) is 1. The number of allylic oxidation sites excluding steroid dienone is 1. The number of hydrogen-bond acceptors (Lipinski definition) is 1. The smallest absolute Gasteiger partial charge is 0.0700 e. The third-order valence-electron chi connectivity index (χ3n) is 0.892. The molecule has 0 heterocycles. The standard InChI is InChI=1S/C7H13O/c1-7(2)5-4-6-8-3/h1,3-6H2,2H3. The summed E-state index contributed by atoms with van der Waals surface area (Å²) in [5.74, 6) is 0. The first-order chi connectivity index (χ1) is 3.77. The van der Waals surface area contributed by atoms with Crippen molar-refractivity contribution in [3.8, 4) is 0 Å². The first-order valence-corrected chi connectivity index (χ1v) is 2.78. The van der Waals surface area contributed by atoms with Crippen molar-refractivity contribution in [2.75, 3.05) is 6.61 Å². The van der Waals surface area contributed by atoms with Gasteiger partial charge in [0.2, 0.25) is 0 Å². The van der Waals surface area contributed by atoms with Crippen LogP contribution in [-0.4, -0.2) is 6.61 Å². The SMILES string of the molecule is [CH2]OCCCC(=C)C. The Hall–Kier alpha value is -0.300. The lowest BCUT2D eigenvalue weighted by atomic mass is 10.2. The van der Waals surface area contributed by atoms with Crippen LogP contribution in [0.25, 0.3) is 0 Å². The highest BCUT2D eigenvalue weighted by Gasteiger charge is 1.84. The molecule has 0 aliphatic carbocycles. The Morgan fingerprint density at radius 1 is 1.62 bits per heavy atom. The summed E-state index contributed by atoms with van der Waals surface area (Å²) in [6, 6.07) is 0. The van der Waals surface area contributed by atoms with Crippen molar-refractivity contribution in [3.63, 3.8) is 0 Å². The molecule has 0 saturated carbocycles. The second-order valence-electron chi connectivity index (χ2n) is 1.97. The van der Waals surface area contributed by atoms with E-state index >= 15 is 0 Å². The van der Waals surface area contributed by atoms with Gasteiger partial charge < -0.3 is 4.74 Å². The zero-order chi connectivity index (χ0) is 6.41. The fourth-order valence-corrected chi connectivity index (χ4v) is 0.476. The normalized spacial score (nSPS) is 9.25. The van der Waals surface area contributed by atoms with Crippen LogP contribution < -0.4 is 0 Å². The summed E-state index contributed by atoms with van der Waals surface area (Å²) in [5.41, 5.74) is 1.21. The first-order valence-electron chi connectivity index (χ1n) is 2.78. The fraction of sp³-hybridized carbons (Fsp3) is 0.571. The van der Waals surface area contributed by atoms with Crippen molar-refractivity contribution < 1.29 is 4.74 Å². The lowest BCUT2D eigenvalue weighted by molar-refractivity contribution is 0.237. The van der Waals surface area contributed by atoms with Crippen LogP contribution in [0.5, 0.6) is 0 Å². The molecule has 0 bridgehead atoms. The second kappa shape index (κ2) is 4.85. The van der Waals surface area contributed by atoms with Gasteiger partial charge in [0.25, 0.3) is 0 Å². The third kappa shape index (κ3) is 5.70. The molecule has 0 aromatic heterocycles. The van der Waals surface area contributed by atoms with Gasteiger partial charge in [0.1, 0.15) is 0 Å². The average Bonchev–Trinajstić information content (AvgIpc) is 1.66. The van der Waals surface area contributed by atoms with Gasteiger partial charge in [-0.25, -0.2) is 0 Å². The summed E-state index contributed by atoms with van der Waals surface area (Å²) in [6.45, 7) is 6.51. The van der Waals surface area contributed by atoms with Crippen LogP contribution in [0.2, 0.25) is 0 Å². The number of hydrogen-bond donors (Lipinski definition) is 0. The molecule has 0 amide bonds. The minimum atomic E-state index is 0.743. The molecule has 0 aromatic carbocycles. The highest BCUT2D eigenvalue weighted by molar-refractivity contribution is 4.86. The van der Waals surface area contributed by atoms with E-state index in [1.165, 1.54) is 5.57 Å². The van der Waals surface area contributed by atoms with Gasteiger partial charge >= 0.3 is 0 Å². The molecule has 0 rings (SSSR count). The zero-order valence-electron chi connectivity index (χ0n) is 5.44. The molecular weight excluding hydrogens is 100 g/mol. The van der Waals surface area contributed by atoms with Crippen LogP contribution in [0.15, 0.2) is 12.2 Å². The van der Waals surface area contributed by atoms with Gasteiger partial charge in [0.05, 0.1) is 7.11 Å². The molecule has 0 fully saturated rings. The molecule has 0 aromatic rings. The van der Waals surface area contributed by atoms with E-state index in [9.17, 15) is 0 Å². The molecule has 0 saturated heterocycles. The Balaban J connectivity index is 2.82. The Morgan fingerprint density at radius 3 is 2.62 bits per heavy atom. The summed E-state index contributed by atoms with van der Waals surface area (Å²) in [4.78, 5) is 0. The van der Waals surface area contributed by atoms with Crippen molar-refractivity contribution in [3.05, 3.63) is 19.3 Å².